The molecule has 0 aromatic carbocycles. The lowest BCUT2D eigenvalue weighted by Gasteiger charge is -2.35. The van der Waals surface area contributed by atoms with E-state index >= 15 is 0 Å². The molecule has 3 rings (SSSR count). The van der Waals surface area contributed by atoms with Gasteiger partial charge in [-0.05, 0) is 6.07 Å². The summed E-state index contributed by atoms with van der Waals surface area (Å²) in [6.07, 6.45) is 5.26. The van der Waals surface area contributed by atoms with Crippen LogP contribution in [0, 0.1) is 0 Å². The summed E-state index contributed by atoms with van der Waals surface area (Å²) in [7, 11) is 0. The third kappa shape index (κ3) is 1.38. The lowest BCUT2D eigenvalue weighted by molar-refractivity contribution is -0.163. The zero-order chi connectivity index (χ0) is 11.9. The van der Waals surface area contributed by atoms with Crippen molar-refractivity contribution >= 4 is 5.97 Å². The monoisotopic (exact) mass is 233 g/mol. The molecule has 0 aliphatic carbocycles. The van der Waals surface area contributed by atoms with Gasteiger partial charge in [0.1, 0.15) is 5.82 Å². The summed E-state index contributed by atoms with van der Waals surface area (Å²) in [5.74, 6) is -0.453. The number of H-pyrrole nitrogens is 2. The molecule has 6 nitrogen and oxygen atoms in total. The Morgan fingerprint density at radius 3 is 2.88 bits per heavy atom. The first-order chi connectivity index (χ1) is 8.22. The first kappa shape index (κ1) is 10.1. The van der Waals surface area contributed by atoms with Gasteiger partial charge in [0.25, 0.3) is 0 Å². The van der Waals surface area contributed by atoms with E-state index in [1.807, 2.05) is 12.3 Å². The third-order valence-corrected chi connectivity index (χ3v) is 3.04. The number of nitrogens with one attached hydrogen (secondary N) is 2. The van der Waals surface area contributed by atoms with Gasteiger partial charge in [0, 0.05) is 18.0 Å². The number of hydrogen-bond donors (Lipinski definition) is 3. The predicted octanol–water partition coefficient (Wildman–Crippen LogP) is 0.757. The Labute approximate surface area is 96.6 Å². The highest BCUT2D eigenvalue weighted by molar-refractivity contribution is 5.82. The number of imidazole rings is 1. The molecule has 0 atom stereocenters. The van der Waals surface area contributed by atoms with Crippen molar-refractivity contribution in [3.8, 4) is 11.3 Å². The van der Waals surface area contributed by atoms with E-state index < -0.39 is 11.4 Å². The predicted molar refractivity (Wildman–Crippen MR) is 58.5 cm³/mol. The standard InChI is InChI=1S/C11H11N3O3/c15-10(16)11(5-17-6-11)9-13-4-8(14-9)7-1-2-12-3-7/h1-4,12H,5-6H2,(H,13,14)(H,15,16). The Hall–Kier alpha value is -2.08. The average molecular weight is 233 g/mol. The number of carboxylic acid groups (broad SMARTS) is 1. The lowest BCUT2D eigenvalue weighted by Crippen LogP contribution is -2.53. The molecule has 1 fully saturated rings. The minimum atomic E-state index is -1.01. The molecule has 88 valence electrons. The van der Waals surface area contributed by atoms with Gasteiger partial charge >= 0.3 is 5.97 Å². The second-order valence-corrected chi connectivity index (χ2v) is 4.13. The molecule has 17 heavy (non-hydrogen) atoms. The summed E-state index contributed by atoms with van der Waals surface area (Å²) in [6.45, 7) is 0.338. The van der Waals surface area contributed by atoms with Gasteiger partial charge in [0.05, 0.1) is 25.1 Å². The third-order valence-electron chi connectivity index (χ3n) is 3.04. The molecule has 1 saturated heterocycles. The fourth-order valence-electron chi connectivity index (χ4n) is 1.87. The maximum absolute atomic E-state index is 11.3. The van der Waals surface area contributed by atoms with Gasteiger partial charge in [-0.3, -0.25) is 4.79 Å². The molecular weight excluding hydrogens is 222 g/mol. The van der Waals surface area contributed by atoms with Gasteiger partial charge in [-0.1, -0.05) is 0 Å². The molecule has 1 aliphatic rings. The summed E-state index contributed by atoms with van der Waals surface area (Å²) < 4.78 is 5.01. The van der Waals surface area contributed by atoms with E-state index in [9.17, 15) is 9.90 Å². The molecule has 0 radical (unpaired) electrons. The summed E-state index contributed by atoms with van der Waals surface area (Å²) in [6, 6.07) is 1.89. The summed E-state index contributed by atoms with van der Waals surface area (Å²) in [5.41, 5.74) is 0.743. The Bertz CT molecular complexity index is 540. The van der Waals surface area contributed by atoms with Crippen LogP contribution in [0.15, 0.2) is 24.7 Å². The molecule has 0 saturated carbocycles. The quantitative estimate of drug-likeness (QED) is 0.729. The summed E-state index contributed by atoms with van der Waals surface area (Å²) >= 11 is 0. The Morgan fingerprint density at radius 1 is 1.53 bits per heavy atom. The zero-order valence-corrected chi connectivity index (χ0v) is 8.93. The largest absolute Gasteiger partial charge is 0.480 e. The number of aromatic amines is 2. The van der Waals surface area contributed by atoms with E-state index in [0.29, 0.717) is 5.82 Å². The normalized spacial score (nSPS) is 17.6. The maximum Gasteiger partial charge on any atom is 0.322 e. The minimum absolute atomic E-state index is 0.169. The van der Waals surface area contributed by atoms with Crippen LogP contribution in [0.3, 0.4) is 0 Å². The maximum atomic E-state index is 11.3. The van der Waals surface area contributed by atoms with Crippen molar-refractivity contribution in [3.05, 3.63) is 30.5 Å². The molecule has 6 heteroatoms. The van der Waals surface area contributed by atoms with Crippen LogP contribution in [-0.4, -0.2) is 39.2 Å². The zero-order valence-electron chi connectivity index (χ0n) is 8.93. The van der Waals surface area contributed by atoms with Crippen LogP contribution in [-0.2, 0) is 14.9 Å². The van der Waals surface area contributed by atoms with Crippen LogP contribution in [0.5, 0.6) is 0 Å². The second kappa shape index (κ2) is 3.46. The van der Waals surface area contributed by atoms with Crippen molar-refractivity contribution in [2.75, 3.05) is 13.2 Å². The highest BCUT2D eigenvalue weighted by atomic mass is 16.5. The van der Waals surface area contributed by atoms with Crippen LogP contribution in [0.25, 0.3) is 11.3 Å². The van der Waals surface area contributed by atoms with Crippen LogP contribution < -0.4 is 0 Å². The van der Waals surface area contributed by atoms with Crippen molar-refractivity contribution in [1.29, 1.82) is 0 Å². The molecule has 2 aromatic heterocycles. The van der Waals surface area contributed by atoms with Gasteiger partial charge in [-0.2, -0.15) is 0 Å². The van der Waals surface area contributed by atoms with Crippen molar-refractivity contribution in [2.24, 2.45) is 0 Å². The van der Waals surface area contributed by atoms with Crippen LogP contribution >= 0.6 is 0 Å². The lowest BCUT2D eigenvalue weighted by atomic mass is 9.85. The van der Waals surface area contributed by atoms with Crippen molar-refractivity contribution in [3.63, 3.8) is 0 Å². The fourth-order valence-corrected chi connectivity index (χ4v) is 1.87. The average Bonchev–Trinajstić information content (AvgIpc) is 2.83. The number of aromatic nitrogens is 3. The minimum Gasteiger partial charge on any atom is -0.480 e. The number of aliphatic carboxylic acids is 1. The number of nitrogens with zero attached hydrogens (tertiary/aromatic N) is 1. The molecule has 0 bridgehead atoms. The van der Waals surface area contributed by atoms with E-state index in [1.54, 1.807) is 12.4 Å². The molecule has 0 spiro atoms. The molecule has 0 amide bonds. The van der Waals surface area contributed by atoms with Crippen LogP contribution in [0.4, 0.5) is 0 Å². The first-order valence-electron chi connectivity index (χ1n) is 5.22. The van der Waals surface area contributed by atoms with Crippen molar-refractivity contribution in [2.45, 2.75) is 5.41 Å². The summed E-state index contributed by atoms with van der Waals surface area (Å²) in [4.78, 5) is 21.4. The van der Waals surface area contributed by atoms with E-state index in [-0.39, 0.29) is 13.2 Å². The Kier molecular flexibility index (Phi) is 2.05. The topological polar surface area (TPSA) is 91.0 Å². The van der Waals surface area contributed by atoms with Gasteiger partial charge in [0.15, 0.2) is 5.41 Å². The summed E-state index contributed by atoms with van der Waals surface area (Å²) in [5, 5.41) is 9.23. The highest BCUT2D eigenvalue weighted by Gasteiger charge is 2.50. The van der Waals surface area contributed by atoms with Gasteiger partial charge in [0.2, 0.25) is 0 Å². The smallest absolute Gasteiger partial charge is 0.322 e. The van der Waals surface area contributed by atoms with E-state index in [0.717, 1.165) is 11.3 Å². The number of rotatable bonds is 3. The molecule has 2 aromatic rings. The second-order valence-electron chi connectivity index (χ2n) is 4.13. The van der Waals surface area contributed by atoms with Gasteiger partial charge in [-0.15, -0.1) is 0 Å². The number of carbonyl (C=O) groups is 1. The number of hydrogen-bond acceptors (Lipinski definition) is 3. The van der Waals surface area contributed by atoms with Crippen LogP contribution in [0.1, 0.15) is 5.82 Å². The van der Waals surface area contributed by atoms with Gasteiger partial charge in [-0.25, -0.2) is 4.98 Å². The molecule has 3 heterocycles. The van der Waals surface area contributed by atoms with Gasteiger partial charge < -0.3 is 19.8 Å². The van der Waals surface area contributed by atoms with Crippen LogP contribution in [0.2, 0.25) is 0 Å². The first-order valence-corrected chi connectivity index (χ1v) is 5.22. The van der Waals surface area contributed by atoms with E-state index in [4.69, 9.17) is 4.74 Å². The fraction of sp³-hybridized carbons (Fsp3) is 0.273. The van der Waals surface area contributed by atoms with E-state index in [1.165, 1.54) is 0 Å². The number of ether oxygens (including phenoxy) is 1. The van der Waals surface area contributed by atoms with Crippen molar-refractivity contribution < 1.29 is 14.6 Å². The Morgan fingerprint density at radius 2 is 2.35 bits per heavy atom. The van der Waals surface area contributed by atoms with E-state index in [2.05, 4.69) is 15.0 Å². The highest BCUT2D eigenvalue weighted by Crippen LogP contribution is 2.31. The number of carboxylic acids is 1. The molecule has 1 aliphatic heterocycles. The molecule has 0 unspecified atom stereocenters. The van der Waals surface area contributed by atoms with Crippen molar-refractivity contribution in [1.82, 2.24) is 15.0 Å². The molecular formula is C11H11N3O3. The SMILES string of the molecule is O=C(O)C1(c2ncc(-c3cc[nH]c3)[nH]2)COC1. The Balaban J connectivity index is 1.98. The molecule has 3 N–H and O–H groups in total.